The van der Waals surface area contributed by atoms with Gasteiger partial charge in [-0.3, -0.25) is 4.79 Å². The molecule has 1 rings (SSSR count). The van der Waals surface area contributed by atoms with Crippen molar-refractivity contribution >= 4 is 17.7 Å². The fourth-order valence-electron chi connectivity index (χ4n) is 0.974. The maximum absolute atomic E-state index is 11.2. The summed E-state index contributed by atoms with van der Waals surface area (Å²) in [4.78, 5) is 11.2. The van der Waals surface area contributed by atoms with E-state index in [1.807, 2.05) is 37.4 Å². The van der Waals surface area contributed by atoms with Crippen molar-refractivity contribution in [2.45, 2.75) is 13.3 Å². The summed E-state index contributed by atoms with van der Waals surface area (Å²) in [5, 5.41) is 0. The number of ether oxygens (including phenoxy) is 1. The van der Waals surface area contributed by atoms with Crippen LogP contribution in [0, 0.1) is 6.92 Å². The largest absolute Gasteiger partial charge is 0.427 e. The minimum atomic E-state index is -0.164. The van der Waals surface area contributed by atoms with Gasteiger partial charge in [-0.1, -0.05) is 17.7 Å². The quantitative estimate of drug-likeness (QED) is 0.564. The molecule has 0 unspecified atom stereocenters. The Hall–Kier alpha value is -0.960. The van der Waals surface area contributed by atoms with Crippen molar-refractivity contribution in [2.24, 2.45) is 0 Å². The smallest absolute Gasteiger partial charge is 0.312 e. The molecule has 0 bridgehead atoms. The first-order valence-electron chi connectivity index (χ1n) is 4.48. The van der Waals surface area contributed by atoms with Crippen LogP contribution in [0.5, 0.6) is 5.75 Å². The molecule has 14 heavy (non-hydrogen) atoms. The molecule has 0 aliphatic carbocycles. The first-order valence-corrected chi connectivity index (χ1v) is 5.88. The molecule has 0 aliphatic rings. The summed E-state index contributed by atoms with van der Waals surface area (Å²) in [6.07, 6.45) is 2.44. The van der Waals surface area contributed by atoms with Gasteiger partial charge in [0.1, 0.15) is 5.75 Å². The fourth-order valence-corrected chi connectivity index (χ4v) is 1.34. The number of hydrogen-bond acceptors (Lipinski definition) is 3. The second kappa shape index (κ2) is 5.70. The number of aryl methyl sites for hydroxylation is 1. The molecule has 76 valence electrons. The van der Waals surface area contributed by atoms with Crippen molar-refractivity contribution in [1.29, 1.82) is 0 Å². The van der Waals surface area contributed by atoms with E-state index in [1.165, 1.54) is 0 Å². The van der Waals surface area contributed by atoms with Crippen LogP contribution in [0.1, 0.15) is 12.0 Å². The van der Waals surface area contributed by atoms with E-state index in [0.29, 0.717) is 12.2 Å². The van der Waals surface area contributed by atoms with E-state index in [4.69, 9.17) is 4.74 Å². The van der Waals surface area contributed by atoms with Crippen LogP contribution >= 0.6 is 11.8 Å². The highest BCUT2D eigenvalue weighted by Gasteiger charge is 2.03. The van der Waals surface area contributed by atoms with Crippen LogP contribution in [0.25, 0.3) is 0 Å². The number of hydrogen-bond donors (Lipinski definition) is 0. The lowest BCUT2D eigenvalue weighted by atomic mass is 10.2. The second-order valence-corrected chi connectivity index (χ2v) is 4.02. The summed E-state index contributed by atoms with van der Waals surface area (Å²) in [5.41, 5.74) is 1.16. The minimum absolute atomic E-state index is 0.164. The summed E-state index contributed by atoms with van der Waals surface area (Å²) >= 11 is 1.64. The lowest BCUT2D eigenvalue weighted by Crippen LogP contribution is -2.08. The van der Waals surface area contributed by atoms with E-state index in [1.54, 1.807) is 11.8 Å². The predicted octanol–water partition coefficient (Wildman–Crippen LogP) is 2.65. The van der Waals surface area contributed by atoms with E-state index in [0.717, 1.165) is 11.3 Å². The van der Waals surface area contributed by atoms with Crippen molar-refractivity contribution in [3.05, 3.63) is 29.8 Å². The molecule has 0 amide bonds. The highest BCUT2D eigenvalue weighted by atomic mass is 32.2. The number of thioether (sulfide) groups is 1. The molecule has 0 aliphatic heterocycles. The third-order valence-electron chi connectivity index (χ3n) is 1.76. The third kappa shape index (κ3) is 3.83. The van der Waals surface area contributed by atoms with Crippen molar-refractivity contribution in [2.75, 3.05) is 12.0 Å². The number of carbonyl (C=O) groups is 1. The molecular weight excluding hydrogens is 196 g/mol. The Morgan fingerprint density at radius 1 is 1.36 bits per heavy atom. The average molecular weight is 210 g/mol. The van der Waals surface area contributed by atoms with Gasteiger partial charge in [-0.25, -0.2) is 0 Å². The van der Waals surface area contributed by atoms with Gasteiger partial charge in [-0.2, -0.15) is 11.8 Å². The van der Waals surface area contributed by atoms with Gasteiger partial charge in [0.05, 0.1) is 6.42 Å². The highest BCUT2D eigenvalue weighted by Crippen LogP contribution is 2.12. The Kier molecular flexibility index (Phi) is 4.53. The standard InChI is InChI=1S/C11H14O2S/c1-9-3-5-10(6-4-9)13-11(12)7-8-14-2/h3-6H,7-8H2,1-2H3. The zero-order valence-corrected chi connectivity index (χ0v) is 9.26. The Morgan fingerprint density at radius 2 is 2.00 bits per heavy atom. The number of benzene rings is 1. The molecule has 0 saturated carbocycles. The molecule has 1 aromatic rings. The van der Waals surface area contributed by atoms with E-state index < -0.39 is 0 Å². The van der Waals surface area contributed by atoms with Crippen LogP contribution in [-0.2, 0) is 4.79 Å². The first kappa shape index (κ1) is 11.1. The van der Waals surface area contributed by atoms with E-state index >= 15 is 0 Å². The predicted molar refractivity (Wildman–Crippen MR) is 59.8 cm³/mol. The zero-order valence-electron chi connectivity index (χ0n) is 8.45. The molecule has 0 aromatic heterocycles. The number of carbonyl (C=O) groups excluding carboxylic acids is 1. The van der Waals surface area contributed by atoms with Crippen LogP contribution in [0.3, 0.4) is 0 Å². The first-order chi connectivity index (χ1) is 6.72. The third-order valence-corrected chi connectivity index (χ3v) is 2.38. The zero-order chi connectivity index (χ0) is 10.4. The monoisotopic (exact) mass is 210 g/mol. The molecule has 0 heterocycles. The summed E-state index contributed by atoms with van der Waals surface area (Å²) in [7, 11) is 0. The Balaban J connectivity index is 2.44. The van der Waals surface area contributed by atoms with E-state index in [9.17, 15) is 4.79 Å². The van der Waals surface area contributed by atoms with Gasteiger partial charge in [0, 0.05) is 5.75 Å². The van der Waals surface area contributed by atoms with Crippen LogP contribution in [0.15, 0.2) is 24.3 Å². The topological polar surface area (TPSA) is 26.3 Å². The molecule has 0 radical (unpaired) electrons. The van der Waals surface area contributed by atoms with Gasteiger partial charge in [0.15, 0.2) is 0 Å². The maximum Gasteiger partial charge on any atom is 0.312 e. The molecule has 0 fully saturated rings. The lowest BCUT2D eigenvalue weighted by Gasteiger charge is -2.03. The Morgan fingerprint density at radius 3 is 2.57 bits per heavy atom. The molecule has 3 heteroatoms. The van der Waals surface area contributed by atoms with E-state index in [-0.39, 0.29) is 5.97 Å². The average Bonchev–Trinajstić information content (AvgIpc) is 2.18. The molecule has 1 aromatic carbocycles. The Labute approximate surface area is 88.7 Å². The molecule has 2 nitrogen and oxygen atoms in total. The summed E-state index contributed by atoms with van der Waals surface area (Å²) in [6, 6.07) is 7.48. The molecule has 0 atom stereocenters. The summed E-state index contributed by atoms with van der Waals surface area (Å²) in [5.74, 6) is 1.27. The van der Waals surface area contributed by atoms with Gasteiger partial charge in [-0.05, 0) is 25.3 Å². The normalized spacial score (nSPS) is 9.86. The van der Waals surface area contributed by atoms with Gasteiger partial charge in [0.2, 0.25) is 0 Å². The summed E-state index contributed by atoms with van der Waals surface area (Å²) < 4.78 is 5.12. The van der Waals surface area contributed by atoms with Gasteiger partial charge in [-0.15, -0.1) is 0 Å². The van der Waals surface area contributed by atoms with Gasteiger partial charge in [0.25, 0.3) is 0 Å². The SMILES string of the molecule is CSCCC(=O)Oc1ccc(C)cc1. The number of esters is 1. The van der Waals surface area contributed by atoms with Crippen molar-refractivity contribution < 1.29 is 9.53 Å². The maximum atomic E-state index is 11.2. The summed E-state index contributed by atoms with van der Waals surface area (Å²) in [6.45, 7) is 2.00. The molecule has 0 saturated heterocycles. The van der Waals surface area contributed by atoms with E-state index in [2.05, 4.69) is 0 Å². The second-order valence-electron chi connectivity index (χ2n) is 3.03. The molecule has 0 spiro atoms. The van der Waals surface area contributed by atoms with Crippen LogP contribution in [-0.4, -0.2) is 18.0 Å². The van der Waals surface area contributed by atoms with Crippen molar-refractivity contribution in [1.82, 2.24) is 0 Å². The minimum Gasteiger partial charge on any atom is -0.427 e. The van der Waals surface area contributed by atoms with Gasteiger partial charge < -0.3 is 4.74 Å². The van der Waals surface area contributed by atoms with Crippen LogP contribution in [0.2, 0.25) is 0 Å². The van der Waals surface area contributed by atoms with Crippen LogP contribution < -0.4 is 4.74 Å². The highest BCUT2D eigenvalue weighted by molar-refractivity contribution is 7.98. The molecule has 0 N–H and O–H groups in total. The fraction of sp³-hybridized carbons (Fsp3) is 0.364. The lowest BCUT2D eigenvalue weighted by molar-refractivity contribution is -0.133. The Bertz CT molecular complexity index is 293. The number of rotatable bonds is 4. The van der Waals surface area contributed by atoms with Crippen LogP contribution in [0.4, 0.5) is 0 Å². The van der Waals surface area contributed by atoms with Crippen molar-refractivity contribution in [3.63, 3.8) is 0 Å². The van der Waals surface area contributed by atoms with Crippen molar-refractivity contribution in [3.8, 4) is 5.75 Å². The molecular formula is C11H14O2S. The van der Waals surface area contributed by atoms with Gasteiger partial charge >= 0.3 is 5.97 Å².